The number of aromatic nitrogens is 1. The molecule has 6 nitrogen and oxygen atoms in total. The van der Waals surface area contributed by atoms with Gasteiger partial charge < -0.3 is 9.80 Å². The van der Waals surface area contributed by atoms with Crippen LogP contribution in [0.15, 0.2) is 72.9 Å². The van der Waals surface area contributed by atoms with E-state index in [2.05, 4.69) is 43.8 Å². The molecule has 1 aliphatic rings. The molecule has 1 fully saturated rings. The second kappa shape index (κ2) is 8.75. The molecule has 1 N–H and O–H groups in total. The van der Waals surface area contributed by atoms with Gasteiger partial charge in [-0.3, -0.25) is 4.72 Å². The van der Waals surface area contributed by atoms with Crippen molar-refractivity contribution in [2.24, 2.45) is 0 Å². The molecule has 156 valence electrons. The molecular weight excluding hydrogens is 396 g/mol. The van der Waals surface area contributed by atoms with Crippen molar-refractivity contribution >= 4 is 27.2 Å². The number of piperazine rings is 1. The van der Waals surface area contributed by atoms with Crippen molar-refractivity contribution in [2.45, 2.75) is 12.7 Å². The fourth-order valence-corrected chi connectivity index (χ4v) is 4.94. The topological polar surface area (TPSA) is 65.5 Å². The van der Waals surface area contributed by atoms with Gasteiger partial charge in [-0.25, -0.2) is 13.4 Å². The molecular formula is C23H26N4O2S. The molecule has 0 unspecified atom stereocenters. The number of nitrogens with one attached hydrogen (secondary N) is 1. The van der Waals surface area contributed by atoms with Gasteiger partial charge in [-0.2, -0.15) is 0 Å². The van der Waals surface area contributed by atoms with E-state index in [1.165, 1.54) is 5.69 Å². The van der Waals surface area contributed by atoms with Crippen LogP contribution in [0, 0.1) is 6.92 Å². The van der Waals surface area contributed by atoms with Gasteiger partial charge in [-0.15, -0.1) is 0 Å². The Balaban J connectivity index is 1.36. The standard InChI is InChI=1S/C23H26N4O2S/c1-19-7-5-6-8-20(19)18-30(28,29)25-21-11-12-23(24-17-21)27-15-13-26(14-16-27)22-9-3-2-4-10-22/h2-12,17,25H,13-16,18H2,1H3. The number of para-hydroxylation sites is 1. The third kappa shape index (κ3) is 4.91. The first kappa shape index (κ1) is 20.2. The Morgan fingerprint density at radius 3 is 2.20 bits per heavy atom. The maximum absolute atomic E-state index is 12.5. The van der Waals surface area contributed by atoms with Crippen LogP contribution in [0.4, 0.5) is 17.2 Å². The summed E-state index contributed by atoms with van der Waals surface area (Å²) in [5.74, 6) is 0.813. The predicted molar refractivity (Wildman–Crippen MR) is 123 cm³/mol. The highest BCUT2D eigenvalue weighted by Gasteiger charge is 2.19. The largest absolute Gasteiger partial charge is 0.368 e. The molecule has 0 aliphatic carbocycles. The molecule has 0 amide bonds. The van der Waals surface area contributed by atoms with Crippen LogP contribution in [0.3, 0.4) is 0 Å². The van der Waals surface area contributed by atoms with Gasteiger partial charge >= 0.3 is 0 Å². The first-order chi connectivity index (χ1) is 14.5. The molecule has 1 aliphatic heterocycles. The first-order valence-electron chi connectivity index (χ1n) is 10.1. The van der Waals surface area contributed by atoms with E-state index in [9.17, 15) is 8.42 Å². The van der Waals surface area contributed by atoms with Gasteiger partial charge in [0.2, 0.25) is 10.0 Å². The Bertz CT molecular complexity index is 1080. The van der Waals surface area contributed by atoms with E-state index in [1.54, 1.807) is 12.3 Å². The molecule has 7 heteroatoms. The summed E-state index contributed by atoms with van der Waals surface area (Å²) in [6, 6.07) is 21.6. The summed E-state index contributed by atoms with van der Waals surface area (Å²) in [7, 11) is -3.50. The lowest BCUT2D eigenvalue weighted by atomic mass is 10.1. The number of pyridine rings is 1. The zero-order valence-electron chi connectivity index (χ0n) is 17.0. The van der Waals surface area contributed by atoms with Crippen molar-refractivity contribution in [3.63, 3.8) is 0 Å². The highest BCUT2D eigenvalue weighted by atomic mass is 32.2. The Labute approximate surface area is 178 Å². The van der Waals surface area contributed by atoms with Crippen LogP contribution in [0.25, 0.3) is 0 Å². The van der Waals surface area contributed by atoms with E-state index in [4.69, 9.17) is 0 Å². The molecule has 0 radical (unpaired) electrons. The van der Waals surface area contributed by atoms with Crippen LogP contribution in [0.1, 0.15) is 11.1 Å². The number of hydrogen-bond donors (Lipinski definition) is 1. The number of nitrogens with zero attached hydrogens (tertiary/aromatic N) is 3. The monoisotopic (exact) mass is 422 g/mol. The fourth-order valence-electron chi connectivity index (χ4n) is 3.66. The van der Waals surface area contributed by atoms with Crippen LogP contribution < -0.4 is 14.5 Å². The molecule has 3 aromatic rings. The molecule has 0 spiro atoms. The quantitative estimate of drug-likeness (QED) is 0.657. The molecule has 30 heavy (non-hydrogen) atoms. The summed E-state index contributed by atoms with van der Waals surface area (Å²) in [4.78, 5) is 9.08. The molecule has 4 rings (SSSR count). The van der Waals surface area contributed by atoms with Gasteiger partial charge in [0.1, 0.15) is 5.82 Å². The Morgan fingerprint density at radius 2 is 1.53 bits per heavy atom. The highest BCUT2D eigenvalue weighted by molar-refractivity contribution is 7.91. The summed E-state index contributed by atoms with van der Waals surface area (Å²) in [5.41, 5.74) is 3.48. The molecule has 1 saturated heterocycles. The van der Waals surface area contributed by atoms with Crippen molar-refractivity contribution in [3.8, 4) is 0 Å². The van der Waals surface area contributed by atoms with Crippen molar-refractivity contribution in [1.82, 2.24) is 4.98 Å². The van der Waals surface area contributed by atoms with Crippen LogP contribution in [-0.2, 0) is 15.8 Å². The van der Waals surface area contributed by atoms with Crippen LogP contribution in [0.2, 0.25) is 0 Å². The third-order valence-electron chi connectivity index (χ3n) is 5.35. The number of aryl methyl sites for hydroxylation is 1. The van der Waals surface area contributed by atoms with Gasteiger partial charge in [-0.05, 0) is 42.3 Å². The molecule has 0 bridgehead atoms. The average Bonchev–Trinajstić information content (AvgIpc) is 2.76. The Kier molecular flexibility index (Phi) is 5.90. The Hall–Kier alpha value is -3.06. The van der Waals surface area contributed by atoms with Crippen LogP contribution in [0.5, 0.6) is 0 Å². The minimum absolute atomic E-state index is 0.0527. The second-order valence-corrected chi connectivity index (χ2v) is 9.22. The van der Waals surface area contributed by atoms with Gasteiger partial charge in [-0.1, -0.05) is 42.5 Å². The normalized spacial score (nSPS) is 14.6. The maximum Gasteiger partial charge on any atom is 0.236 e. The SMILES string of the molecule is Cc1ccccc1CS(=O)(=O)Nc1ccc(N2CCN(c3ccccc3)CC2)nc1. The van der Waals surface area contributed by atoms with E-state index >= 15 is 0 Å². The fraction of sp³-hybridized carbons (Fsp3) is 0.261. The van der Waals surface area contributed by atoms with Gasteiger partial charge in [0, 0.05) is 31.9 Å². The average molecular weight is 423 g/mol. The molecule has 0 atom stereocenters. The summed E-state index contributed by atoms with van der Waals surface area (Å²) in [5, 5.41) is 0. The summed E-state index contributed by atoms with van der Waals surface area (Å²) in [6.45, 7) is 5.52. The van der Waals surface area contributed by atoms with Crippen molar-refractivity contribution in [2.75, 3.05) is 40.7 Å². The number of anilines is 3. The molecule has 2 aromatic carbocycles. The zero-order valence-corrected chi connectivity index (χ0v) is 17.8. The lowest BCUT2D eigenvalue weighted by molar-refractivity contribution is 0.600. The molecule has 0 saturated carbocycles. The summed E-state index contributed by atoms with van der Waals surface area (Å²) in [6.07, 6.45) is 1.59. The van der Waals surface area contributed by atoms with E-state index in [0.29, 0.717) is 5.69 Å². The number of benzene rings is 2. The Morgan fingerprint density at radius 1 is 0.867 bits per heavy atom. The molecule has 2 heterocycles. The van der Waals surface area contributed by atoms with E-state index < -0.39 is 10.0 Å². The second-order valence-electron chi connectivity index (χ2n) is 7.50. The highest BCUT2D eigenvalue weighted by Crippen LogP contribution is 2.21. The number of rotatable bonds is 6. The van der Waals surface area contributed by atoms with Gasteiger partial charge in [0.05, 0.1) is 17.6 Å². The summed E-state index contributed by atoms with van der Waals surface area (Å²) >= 11 is 0. The van der Waals surface area contributed by atoms with Crippen molar-refractivity contribution in [1.29, 1.82) is 0 Å². The van der Waals surface area contributed by atoms with Crippen molar-refractivity contribution < 1.29 is 8.42 Å². The predicted octanol–water partition coefficient (Wildman–Crippen LogP) is 3.66. The minimum Gasteiger partial charge on any atom is -0.368 e. The van der Waals surface area contributed by atoms with Crippen LogP contribution in [-0.4, -0.2) is 39.6 Å². The number of hydrogen-bond acceptors (Lipinski definition) is 5. The molecule has 1 aromatic heterocycles. The van der Waals surface area contributed by atoms with E-state index in [1.807, 2.05) is 43.3 Å². The first-order valence-corrected chi connectivity index (χ1v) is 11.7. The third-order valence-corrected chi connectivity index (χ3v) is 6.59. The van der Waals surface area contributed by atoms with E-state index in [-0.39, 0.29) is 5.75 Å². The smallest absolute Gasteiger partial charge is 0.236 e. The van der Waals surface area contributed by atoms with Gasteiger partial charge in [0.15, 0.2) is 0 Å². The lowest BCUT2D eigenvalue weighted by Gasteiger charge is -2.36. The zero-order chi connectivity index (χ0) is 21.0. The summed E-state index contributed by atoms with van der Waals surface area (Å²) < 4.78 is 27.7. The van der Waals surface area contributed by atoms with Gasteiger partial charge in [0.25, 0.3) is 0 Å². The maximum atomic E-state index is 12.5. The van der Waals surface area contributed by atoms with Crippen LogP contribution >= 0.6 is 0 Å². The van der Waals surface area contributed by atoms with E-state index in [0.717, 1.165) is 43.1 Å². The lowest BCUT2D eigenvalue weighted by Crippen LogP contribution is -2.46. The minimum atomic E-state index is -3.50. The number of sulfonamides is 1. The van der Waals surface area contributed by atoms with Crippen molar-refractivity contribution in [3.05, 3.63) is 84.1 Å².